The Labute approximate surface area is 110 Å². The average molecular weight is 269 g/mol. The molecular formula is C14H17F2NO2. The molecule has 0 aromatic heterocycles. The first-order valence-corrected chi connectivity index (χ1v) is 6.29. The van der Waals surface area contributed by atoms with E-state index in [1.807, 2.05) is 0 Å². The van der Waals surface area contributed by atoms with Gasteiger partial charge in [0.05, 0.1) is 17.2 Å². The molecule has 1 atom stereocenters. The molecule has 1 fully saturated rings. The van der Waals surface area contributed by atoms with Crippen molar-refractivity contribution in [2.75, 3.05) is 6.54 Å². The lowest BCUT2D eigenvalue weighted by atomic mass is 9.86. The van der Waals surface area contributed by atoms with Crippen LogP contribution in [-0.2, 0) is 0 Å². The van der Waals surface area contributed by atoms with Crippen molar-refractivity contribution in [1.29, 1.82) is 0 Å². The predicted octanol–water partition coefficient (Wildman–Crippen LogP) is 2.34. The van der Waals surface area contributed by atoms with Crippen LogP contribution in [-0.4, -0.2) is 34.1 Å². The largest absolute Gasteiger partial charge is 0.391 e. The number of rotatable bonds is 1. The molecule has 1 N–H and O–H groups in total. The lowest BCUT2D eigenvalue weighted by Crippen LogP contribution is -2.58. The van der Waals surface area contributed by atoms with Gasteiger partial charge in [0.1, 0.15) is 11.6 Å². The van der Waals surface area contributed by atoms with Crippen LogP contribution in [0.1, 0.15) is 37.0 Å². The highest BCUT2D eigenvalue weighted by molar-refractivity contribution is 5.95. The van der Waals surface area contributed by atoms with Crippen molar-refractivity contribution in [3.8, 4) is 0 Å². The van der Waals surface area contributed by atoms with Gasteiger partial charge in [0.2, 0.25) is 0 Å². The molecule has 1 amide bonds. The Balaban J connectivity index is 2.35. The number of carbonyl (C=O) groups excluding carboxylic acids is 1. The van der Waals surface area contributed by atoms with Crippen LogP contribution < -0.4 is 0 Å². The van der Waals surface area contributed by atoms with Gasteiger partial charge in [0, 0.05) is 6.54 Å². The van der Waals surface area contributed by atoms with Crippen LogP contribution in [0.2, 0.25) is 0 Å². The van der Waals surface area contributed by atoms with E-state index < -0.39 is 29.2 Å². The quantitative estimate of drug-likeness (QED) is 0.850. The molecule has 19 heavy (non-hydrogen) atoms. The molecule has 5 heteroatoms. The summed E-state index contributed by atoms with van der Waals surface area (Å²) in [7, 11) is 0. The summed E-state index contributed by atoms with van der Waals surface area (Å²) < 4.78 is 26.8. The van der Waals surface area contributed by atoms with E-state index in [1.165, 1.54) is 4.90 Å². The number of benzene rings is 1. The van der Waals surface area contributed by atoms with Gasteiger partial charge in [0.15, 0.2) is 0 Å². The van der Waals surface area contributed by atoms with Crippen LogP contribution in [0, 0.1) is 11.6 Å². The average Bonchev–Trinajstić information content (AvgIpc) is 2.35. The molecule has 0 bridgehead atoms. The molecule has 0 radical (unpaired) electrons. The summed E-state index contributed by atoms with van der Waals surface area (Å²) in [5.74, 6) is -1.98. The van der Waals surface area contributed by atoms with Crippen LogP contribution in [0.25, 0.3) is 0 Å². The predicted molar refractivity (Wildman–Crippen MR) is 66.7 cm³/mol. The Morgan fingerprint density at radius 1 is 1.42 bits per heavy atom. The molecule has 1 aliphatic heterocycles. The lowest BCUT2D eigenvalue weighted by Gasteiger charge is -2.45. The molecule has 104 valence electrons. The highest BCUT2D eigenvalue weighted by Gasteiger charge is 2.41. The Bertz CT molecular complexity index is 502. The molecular weight excluding hydrogens is 252 g/mol. The van der Waals surface area contributed by atoms with E-state index in [0.717, 1.165) is 18.2 Å². The monoisotopic (exact) mass is 269 g/mol. The van der Waals surface area contributed by atoms with Gasteiger partial charge in [-0.15, -0.1) is 0 Å². The Morgan fingerprint density at radius 2 is 2.11 bits per heavy atom. The van der Waals surface area contributed by atoms with Gasteiger partial charge in [-0.25, -0.2) is 8.78 Å². The summed E-state index contributed by atoms with van der Waals surface area (Å²) in [5.41, 5.74) is -1.07. The molecule has 1 saturated heterocycles. The summed E-state index contributed by atoms with van der Waals surface area (Å²) in [6.07, 6.45) is 0.581. The molecule has 0 aliphatic carbocycles. The van der Waals surface area contributed by atoms with E-state index in [-0.39, 0.29) is 5.56 Å². The van der Waals surface area contributed by atoms with Crippen LogP contribution in [0.15, 0.2) is 18.2 Å². The third-order valence-corrected chi connectivity index (χ3v) is 3.77. The van der Waals surface area contributed by atoms with Gasteiger partial charge in [-0.3, -0.25) is 4.79 Å². The third-order valence-electron chi connectivity index (χ3n) is 3.77. The Kier molecular flexibility index (Phi) is 3.58. The first-order chi connectivity index (χ1) is 8.84. The number of hydrogen-bond acceptors (Lipinski definition) is 2. The Morgan fingerprint density at radius 3 is 2.79 bits per heavy atom. The minimum absolute atomic E-state index is 0.290. The molecule has 1 aromatic carbocycles. The summed E-state index contributed by atoms with van der Waals surface area (Å²) in [4.78, 5) is 13.8. The number of aliphatic hydroxyl groups excluding tert-OH is 1. The van der Waals surface area contributed by atoms with Gasteiger partial charge >= 0.3 is 0 Å². The highest BCUT2D eigenvalue weighted by atomic mass is 19.1. The van der Waals surface area contributed by atoms with Crippen LogP contribution in [0.4, 0.5) is 8.78 Å². The zero-order valence-corrected chi connectivity index (χ0v) is 11.0. The maximum absolute atomic E-state index is 13.6. The first kappa shape index (κ1) is 13.9. The number of carbonyl (C=O) groups is 1. The molecule has 1 unspecified atom stereocenters. The third kappa shape index (κ3) is 2.47. The number of piperidine rings is 1. The second kappa shape index (κ2) is 4.89. The fourth-order valence-electron chi connectivity index (χ4n) is 2.43. The van der Waals surface area contributed by atoms with Crippen molar-refractivity contribution in [3.05, 3.63) is 35.4 Å². The minimum atomic E-state index is -0.784. The van der Waals surface area contributed by atoms with Crippen molar-refractivity contribution >= 4 is 5.91 Å². The standard InChI is InChI=1S/C14H17F2NO2/c1-14(2)12(18)4-3-7-17(14)13(19)10-8-9(15)5-6-11(10)16/h5-6,8,12,18H,3-4,7H2,1-2H3. The van der Waals surface area contributed by atoms with Crippen molar-refractivity contribution in [3.63, 3.8) is 0 Å². The summed E-state index contributed by atoms with van der Waals surface area (Å²) in [6.45, 7) is 3.89. The Hall–Kier alpha value is -1.49. The molecule has 3 nitrogen and oxygen atoms in total. The number of likely N-dealkylation sites (tertiary alicyclic amines) is 1. The summed E-state index contributed by atoms with van der Waals surface area (Å²) >= 11 is 0. The van der Waals surface area contributed by atoms with Gasteiger partial charge in [-0.1, -0.05) is 0 Å². The van der Waals surface area contributed by atoms with Gasteiger partial charge < -0.3 is 10.0 Å². The fraction of sp³-hybridized carbons (Fsp3) is 0.500. The van der Waals surface area contributed by atoms with Gasteiger partial charge in [-0.05, 0) is 44.9 Å². The summed E-state index contributed by atoms with van der Waals surface area (Å²) in [5, 5.41) is 9.97. The maximum Gasteiger partial charge on any atom is 0.257 e. The zero-order chi connectivity index (χ0) is 14.2. The highest BCUT2D eigenvalue weighted by Crippen LogP contribution is 2.29. The van der Waals surface area contributed by atoms with Crippen LogP contribution >= 0.6 is 0 Å². The van der Waals surface area contributed by atoms with Crippen molar-refractivity contribution in [1.82, 2.24) is 4.90 Å². The van der Waals surface area contributed by atoms with Gasteiger partial charge in [-0.2, -0.15) is 0 Å². The summed E-state index contributed by atoms with van der Waals surface area (Å²) in [6, 6.07) is 2.81. The molecule has 0 spiro atoms. The number of halogens is 2. The van der Waals surface area contributed by atoms with Crippen LogP contribution in [0.5, 0.6) is 0 Å². The van der Waals surface area contributed by atoms with E-state index in [9.17, 15) is 18.7 Å². The molecule has 2 rings (SSSR count). The van der Waals surface area contributed by atoms with E-state index in [1.54, 1.807) is 13.8 Å². The van der Waals surface area contributed by atoms with E-state index in [2.05, 4.69) is 0 Å². The first-order valence-electron chi connectivity index (χ1n) is 6.29. The number of aliphatic hydroxyl groups is 1. The van der Waals surface area contributed by atoms with E-state index >= 15 is 0 Å². The molecule has 0 saturated carbocycles. The number of amides is 1. The second-order valence-electron chi connectivity index (χ2n) is 5.39. The van der Waals surface area contributed by atoms with E-state index in [4.69, 9.17) is 0 Å². The van der Waals surface area contributed by atoms with Crippen molar-refractivity contribution in [2.24, 2.45) is 0 Å². The molecule has 1 aromatic rings. The molecule has 1 heterocycles. The minimum Gasteiger partial charge on any atom is -0.391 e. The number of nitrogens with zero attached hydrogens (tertiary/aromatic N) is 1. The normalized spacial score (nSPS) is 22.4. The van der Waals surface area contributed by atoms with Crippen LogP contribution in [0.3, 0.4) is 0 Å². The zero-order valence-electron chi connectivity index (χ0n) is 11.0. The van der Waals surface area contributed by atoms with Gasteiger partial charge in [0.25, 0.3) is 5.91 Å². The number of hydrogen-bond donors (Lipinski definition) is 1. The van der Waals surface area contributed by atoms with Crippen molar-refractivity contribution < 1.29 is 18.7 Å². The smallest absolute Gasteiger partial charge is 0.257 e. The van der Waals surface area contributed by atoms with E-state index in [0.29, 0.717) is 19.4 Å². The molecule has 1 aliphatic rings. The maximum atomic E-state index is 13.6. The fourth-order valence-corrected chi connectivity index (χ4v) is 2.43. The second-order valence-corrected chi connectivity index (χ2v) is 5.39. The SMILES string of the molecule is CC1(C)C(O)CCCN1C(=O)c1cc(F)ccc1F. The topological polar surface area (TPSA) is 40.5 Å². The van der Waals surface area contributed by atoms with Crippen molar-refractivity contribution in [2.45, 2.75) is 38.3 Å². The lowest BCUT2D eigenvalue weighted by molar-refractivity contribution is -0.0309.